The highest BCUT2D eigenvalue weighted by molar-refractivity contribution is 7.89. The molecule has 6 heteroatoms. The average molecular weight is 289 g/mol. The van der Waals surface area contributed by atoms with Crippen molar-refractivity contribution in [1.82, 2.24) is 4.31 Å². The largest absolute Gasteiger partial charge is 0.329 e. The van der Waals surface area contributed by atoms with Gasteiger partial charge < -0.3 is 5.73 Å². The molecule has 1 atom stereocenters. The molecule has 18 heavy (non-hydrogen) atoms. The first-order valence-electron chi connectivity index (χ1n) is 5.95. The van der Waals surface area contributed by atoms with Crippen molar-refractivity contribution >= 4 is 21.6 Å². The number of aryl methyl sites for hydroxylation is 1. The lowest BCUT2D eigenvalue weighted by Gasteiger charge is -2.23. The third-order valence-electron chi connectivity index (χ3n) is 3.32. The van der Waals surface area contributed by atoms with Crippen molar-refractivity contribution in [2.75, 3.05) is 13.1 Å². The predicted octanol–water partition coefficient (Wildman–Crippen LogP) is 1.76. The van der Waals surface area contributed by atoms with Crippen LogP contribution in [0.2, 0.25) is 5.02 Å². The van der Waals surface area contributed by atoms with E-state index in [0.717, 1.165) is 12.8 Å². The number of benzene rings is 1. The van der Waals surface area contributed by atoms with Gasteiger partial charge in [0, 0.05) is 24.2 Å². The van der Waals surface area contributed by atoms with Crippen LogP contribution in [-0.2, 0) is 10.0 Å². The molecule has 1 heterocycles. The molecule has 4 nitrogen and oxygen atoms in total. The van der Waals surface area contributed by atoms with Crippen LogP contribution in [0.1, 0.15) is 18.4 Å². The van der Waals surface area contributed by atoms with E-state index in [9.17, 15) is 8.42 Å². The number of sulfonamides is 1. The highest BCUT2D eigenvalue weighted by Crippen LogP contribution is 2.28. The summed E-state index contributed by atoms with van der Waals surface area (Å²) in [6.45, 7) is 2.67. The summed E-state index contributed by atoms with van der Waals surface area (Å²) in [6, 6.07) is 4.76. The van der Waals surface area contributed by atoms with Crippen LogP contribution in [0.5, 0.6) is 0 Å². The quantitative estimate of drug-likeness (QED) is 0.922. The molecular formula is C12H17ClN2O2S. The molecule has 1 aromatic carbocycles. The Bertz CT molecular complexity index is 545. The van der Waals surface area contributed by atoms with Gasteiger partial charge >= 0.3 is 0 Å². The summed E-state index contributed by atoms with van der Waals surface area (Å²) in [5.41, 5.74) is 6.31. The second-order valence-corrected chi connectivity index (χ2v) is 6.85. The van der Waals surface area contributed by atoms with Crippen molar-refractivity contribution in [3.63, 3.8) is 0 Å². The van der Waals surface area contributed by atoms with E-state index >= 15 is 0 Å². The fraction of sp³-hybridized carbons (Fsp3) is 0.500. The molecule has 1 aliphatic heterocycles. The van der Waals surface area contributed by atoms with E-state index in [1.54, 1.807) is 25.1 Å². The van der Waals surface area contributed by atoms with E-state index in [-0.39, 0.29) is 6.04 Å². The van der Waals surface area contributed by atoms with Gasteiger partial charge in [-0.05, 0) is 43.5 Å². The summed E-state index contributed by atoms with van der Waals surface area (Å²) >= 11 is 5.85. The Labute approximate surface area is 113 Å². The molecule has 0 saturated carbocycles. The molecule has 1 fully saturated rings. The second-order valence-electron chi connectivity index (χ2n) is 4.56. The monoisotopic (exact) mass is 288 g/mol. The molecule has 1 aliphatic rings. The maximum atomic E-state index is 12.6. The topological polar surface area (TPSA) is 63.4 Å². The number of nitrogens with two attached hydrogens (primary N) is 1. The highest BCUT2D eigenvalue weighted by atomic mass is 35.5. The van der Waals surface area contributed by atoms with Crippen LogP contribution < -0.4 is 5.73 Å². The average Bonchev–Trinajstić information content (AvgIpc) is 2.76. The second kappa shape index (κ2) is 5.17. The van der Waals surface area contributed by atoms with Gasteiger partial charge in [0.1, 0.15) is 0 Å². The summed E-state index contributed by atoms with van der Waals surface area (Å²) in [4.78, 5) is 0.326. The zero-order valence-corrected chi connectivity index (χ0v) is 11.8. The Morgan fingerprint density at radius 3 is 2.83 bits per heavy atom. The maximum absolute atomic E-state index is 12.6. The van der Waals surface area contributed by atoms with Crippen LogP contribution in [0.15, 0.2) is 23.1 Å². The zero-order chi connectivity index (χ0) is 13.3. The fourth-order valence-electron chi connectivity index (χ4n) is 2.39. The third-order valence-corrected chi connectivity index (χ3v) is 5.67. The van der Waals surface area contributed by atoms with Crippen LogP contribution in [-0.4, -0.2) is 31.9 Å². The van der Waals surface area contributed by atoms with Gasteiger partial charge in [0.2, 0.25) is 10.0 Å². The lowest BCUT2D eigenvalue weighted by molar-refractivity contribution is 0.393. The summed E-state index contributed by atoms with van der Waals surface area (Å²) < 4.78 is 26.6. The predicted molar refractivity (Wildman–Crippen MR) is 72.2 cm³/mol. The lowest BCUT2D eigenvalue weighted by atomic mass is 10.2. The van der Waals surface area contributed by atoms with E-state index in [2.05, 4.69) is 0 Å². The molecular weight excluding hydrogens is 272 g/mol. The number of rotatable bonds is 3. The number of hydrogen-bond donors (Lipinski definition) is 1. The van der Waals surface area contributed by atoms with Crippen LogP contribution in [0, 0.1) is 6.92 Å². The first-order valence-corrected chi connectivity index (χ1v) is 7.76. The molecule has 0 radical (unpaired) electrons. The number of halogens is 1. The Morgan fingerprint density at radius 2 is 2.22 bits per heavy atom. The molecule has 0 bridgehead atoms. The minimum absolute atomic E-state index is 0.0786. The summed E-state index contributed by atoms with van der Waals surface area (Å²) in [7, 11) is -3.45. The van der Waals surface area contributed by atoms with Crippen molar-refractivity contribution in [2.24, 2.45) is 5.73 Å². The fourth-order valence-corrected chi connectivity index (χ4v) is 4.53. The molecule has 0 aliphatic carbocycles. The van der Waals surface area contributed by atoms with Crippen LogP contribution in [0.4, 0.5) is 0 Å². The van der Waals surface area contributed by atoms with Gasteiger partial charge in [-0.15, -0.1) is 0 Å². The molecule has 0 aromatic heterocycles. The van der Waals surface area contributed by atoms with Crippen molar-refractivity contribution < 1.29 is 8.42 Å². The minimum atomic E-state index is -3.45. The molecule has 1 saturated heterocycles. The molecule has 0 unspecified atom stereocenters. The van der Waals surface area contributed by atoms with Crippen LogP contribution in [0.25, 0.3) is 0 Å². The molecule has 100 valence electrons. The normalized spacial score (nSPS) is 21.4. The maximum Gasteiger partial charge on any atom is 0.243 e. The van der Waals surface area contributed by atoms with E-state index in [0.29, 0.717) is 28.6 Å². The SMILES string of the molecule is Cc1cc(Cl)ccc1S(=O)(=O)N1CCC[C@H]1CN. The van der Waals surface area contributed by atoms with Crippen molar-refractivity contribution in [2.45, 2.75) is 30.7 Å². The van der Waals surface area contributed by atoms with Crippen molar-refractivity contribution in [3.8, 4) is 0 Å². The smallest absolute Gasteiger partial charge is 0.243 e. The Balaban J connectivity index is 2.42. The first kappa shape index (κ1) is 13.8. The number of nitrogens with zero attached hydrogens (tertiary/aromatic N) is 1. The lowest BCUT2D eigenvalue weighted by Crippen LogP contribution is -2.40. The highest BCUT2D eigenvalue weighted by Gasteiger charge is 2.35. The van der Waals surface area contributed by atoms with E-state index in [4.69, 9.17) is 17.3 Å². The van der Waals surface area contributed by atoms with E-state index < -0.39 is 10.0 Å². The van der Waals surface area contributed by atoms with Crippen LogP contribution in [0.3, 0.4) is 0 Å². The standard InChI is InChI=1S/C12H17ClN2O2S/c1-9-7-10(13)4-5-12(9)18(16,17)15-6-2-3-11(15)8-14/h4-5,7,11H,2-3,6,8,14H2,1H3/t11-/m0/s1. The molecule has 0 spiro atoms. The summed E-state index contributed by atoms with van der Waals surface area (Å²) in [5, 5.41) is 0.545. The van der Waals surface area contributed by atoms with Gasteiger partial charge in [-0.3, -0.25) is 0 Å². The molecule has 2 rings (SSSR count). The van der Waals surface area contributed by atoms with Crippen LogP contribution >= 0.6 is 11.6 Å². The minimum Gasteiger partial charge on any atom is -0.329 e. The van der Waals surface area contributed by atoms with E-state index in [1.165, 1.54) is 4.31 Å². The summed E-state index contributed by atoms with van der Waals surface area (Å²) in [6.07, 6.45) is 1.70. The third kappa shape index (κ3) is 2.40. The Hall–Kier alpha value is -0.620. The van der Waals surface area contributed by atoms with Gasteiger partial charge in [0.05, 0.1) is 4.90 Å². The van der Waals surface area contributed by atoms with Gasteiger partial charge in [-0.1, -0.05) is 11.6 Å². The van der Waals surface area contributed by atoms with Crippen molar-refractivity contribution in [3.05, 3.63) is 28.8 Å². The molecule has 2 N–H and O–H groups in total. The van der Waals surface area contributed by atoms with E-state index in [1.807, 2.05) is 0 Å². The Morgan fingerprint density at radius 1 is 1.50 bits per heavy atom. The Kier molecular flexibility index (Phi) is 3.96. The molecule has 0 amide bonds. The zero-order valence-electron chi connectivity index (χ0n) is 10.3. The summed E-state index contributed by atoms with van der Waals surface area (Å²) in [5.74, 6) is 0. The van der Waals surface area contributed by atoms with Gasteiger partial charge in [-0.2, -0.15) is 4.31 Å². The number of hydrogen-bond acceptors (Lipinski definition) is 3. The first-order chi connectivity index (χ1) is 8.46. The van der Waals surface area contributed by atoms with Gasteiger partial charge in [0.25, 0.3) is 0 Å². The van der Waals surface area contributed by atoms with Gasteiger partial charge in [0.15, 0.2) is 0 Å². The van der Waals surface area contributed by atoms with Crippen molar-refractivity contribution in [1.29, 1.82) is 0 Å². The molecule has 1 aromatic rings. The van der Waals surface area contributed by atoms with Gasteiger partial charge in [-0.25, -0.2) is 8.42 Å².